The molecule has 0 amide bonds. The molecule has 1 aromatic carbocycles. The molecule has 0 aliphatic heterocycles. The number of hydrogen-bond acceptors (Lipinski definition) is 1. The lowest BCUT2D eigenvalue weighted by Gasteiger charge is -1.99. The van der Waals surface area contributed by atoms with Crippen molar-refractivity contribution in [2.45, 2.75) is 13.8 Å². The lowest BCUT2D eigenvalue weighted by Crippen LogP contribution is -1.93. The third-order valence-electron chi connectivity index (χ3n) is 1.59. The first-order valence-electron chi connectivity index (χ1n) is 3.43. The first-order valence-corrected chi connectivity index (χ1v) is 3.43. The van der Waals surface area contributed by atoms with Crippen molar-refractivity contribution in [3.05, 3.63) is 35.1 Å². The molecule has 0 bridgehead atoms. The Hall–Kier alpha value is -1.18. The molecule has 1 aromatic rings. The molecule has 0 radical (unpaired) electrons. The minimum Gasteiger partial charge on any atom is -0.305 e. The van der Waals surface area contributed by atoms with E-state index in [0.29, 0.717) is 11.3 Å². The van der Waals surface area contributed by atoms with Crippen LogP contribution < -0.4 is 0 Å². The van der Waals surface area contributed by atoms with Crippen LogP contribution in [0.25, 0.3) is 0 Å². The summed E-state index contributed by atoms with van der Waals surface area (Å²) >= 11 is 0. The molecule has 2 heteroatoms. The molecular weight excluding hydrogens is 141 g/mol. The Morgan fingerprint density at radius 1 is 1.45 bits per heavy atom. The summed E-state index contributed by atoms with van der Waals surface area (Å²) in [6.45, 7) is 3.38. The van der Waals surface area contributed by atoms with Crippen LogP contribution in [-0.4, -0.2) is 5.71 Å². The fourth-order valence-electron chi connectivity index (χ4n) is 0.878. The van der Waals surface area contributed by atoms with Gasteiger partial charge in [-0.05, 0) is 37.1 Å². The van der Waals surface area contributed by atoms with Crippen LogP contribution >= 0.6 is 0 Å². The number of rotatable bonds is 1. The van der Waals surface area contributed by atoms with Crippen LogP contribution in [-0.2, 0) is 0 Å². The molecule has 11 heavy (non-hydrogen) atoms. The van der Waals surface area contributed by atoms with Crippen LogP contribution in [0.4, 0.5) is 4.39 Å². The zero-order valence-corrected chi connectivity index (χ0v) is 6.61. The van der Waals surface area contributed by atoms with Gasteiger partial charge in [-0.3, -0.25) is 0 Å². The highest BCUT2D eigenvalue weighted by atomic mass is 19.1. The first-order chi connectivity index (χ1) is 5.11. The summed E-state index contributed by atoms with van der Waals surface area (Å²) in [6.07, 6.45) is 0. The molecule has 1 nitrogen and oxygen atoms in total. The van der Waals surface area contributed by atoms with E-state index in [1.807, 2.05) is 0 Å². The Bertz CT molecular complexity index is 292. The molecule has 58 valence electrons. The largest absolute Gasteiger partial charge is 0.305 e. The highest BCUT2D eigenvalue weighted by Gasteiger charge is 1.99. The van der Waals surface area contributed by atoms with E-state index >= 15 is 0 Å². The van der Waals surface area contributed by atoms with Gasteiger partial charge in [0.05, 0.1) is 0 Å². The zero-order chi connectivity index (χ0) is 8.43. The molecule has 0 atom stereocenters. The van der Waals surface area contributed by atoms with Gasteiger partial charge >= 0.3 is 0 Å². The smallest absolute Gasteiger partial charge is 0.126 e. The van der Waals surface area contributed by atoms with E-state index in [2.05, 4.69) is 0 Å². The Morgan fingerprint density at radius 2 is 2.09 bits per heavy atom. The van der Waals surface area contributed by atoms with E-state index in [1.54, 1.807) is 26.0 Å². The summed E-state index contributed by atoms with van der Waals surface area (Å²) in [4.78, 5) is 0. The fourth-order valence-corrected chi connectivity index (χ4v) is 0.878. The van der Waals surface area contributed by atoms with E-state index in [9.17, 15) is 4.39 Å². The van der Waals surface area contributed by atoms with Gasteiger partial charge in [0.25, 0.3) is 0 Å². The van der Waals surface area contributed by atoms with Crippen LogP contribution in [0.15, 0.2) is 18.2 Å². The van der Waals surface area contributed by atoms with Gasteiger partial charge in [-0.25, -0.2) is 4.39 Å². The Morgan fingerprint density at radius 3 is 2.55 bits per heavy atom. The lowest BCUT2D eigenvalue weighted by atomic mass is 10.1. The summed E-state index contributed by atoms with van der Waals surface area (Å²) in [5.74, 6) is -0.213. The molecule has 0 aliphatic carbocycles. The monoisotopic (exact) mass is 151 g/mol. The standard InChI is InChI=1S/C9H10FN/c1-6-5-8(7(2)11)3-4-9(6)10/h3-5,11H,1-2H3. The number of halogens is 1. The minimum absolute atomic E-state index is 0.213. The number of nitrogens with one attached hydrogen (secondary N) is 1. The van der Waals surface area contributed by atoms with Crippen molar-refractivity contribution in [1.82, 2.24) is 0 Å². The van der Waals surface area contributed by atoms with Crippen LogP contribution in [0, 0.1) is 18.2 Å². The predicted molar refractivity (Wildman–Crippen MR) is 43.6 cm³/mol. The molecular formula is C9H10FN. The summed E-state index contributed by atoms with van der Waals surface area (Å²) < 4.78 is 12.7. The first kappa shape index (κ1) is 7.92. The summed E-state index contributed by atoms with van der Waals surface area (Å²) in [7, 11) is 0. The molecule has 0 saturated carbocycles. The van der Waals surface area contributed by atoms with Crippen molar-refractivity contribution in [3.8, 4) is 0 Å². The van der Waals surface area contributed by atoms with Gasteiger partial charge in [-0.2, -0.15) is 0 Å². The van der Waals surface area contributed by atoms with Crippen molar-refractivity contribution >= 4 is 5.71 Å². The van der Waals surface area contributed by atoms with E-state index in [-0.39, 0.29) is 5.82 Å². The second-order valence-corrected chi connectivity index (χ2v) is 2.59. The van der Waals surface area contributed by atoms with Gasteiger partial charge in [0, 0.05) is 5.71 Å². The predicted octanol–water partition coefficient (Wildman–Crippen LogP) is 2.52. The summed E-state index contributed by atoms with van der Waals surface area (Å²) in [6, 6.07) is 4.69. The average molecular weight is 151 g/mol. The van der Waals surface area contributed by atoms with Crippen LogP contribution in [0.5, 0.6) is 0 Å². The summed E-state index contributed by atoms with van der Waals surface area (Å²) in [5.41, 5.74) is 1.84. The van der Waals surface area contributed by atoms with E-state index in [4.69, 9.17) is 5.41 Å². The van der Waals surface area contributed by atoms with Crippen molar-refractivity contribution in [1.29, 1.82) is 5.41 Å². The third kappa shape index (κ3) is 1.64. The SMILES string of the molecule is CC(=N)c1ccc(F)c(C)c1. The Kier molecular flexibility index (Phi) is 2.03. The van der Waals surface area contributed by atoms with E-state index in [1.165, 1.54) is 6.07 Å². The molecule has 1 N–H and O–H groups in total. The van der Waals surface area contributed by atoms with Gasteiger partial charge in [0.1, 0.15) is 5.82 Å². The number of hydrogen-bond donors (Lipinski definition) is 1. The van der Waals surface area contributed by atoms with E-state index in [0.717, 1.165) is 5.56 Å². The molecule has 0 unspecified atom stereocenters. The normalized spacial score (nSPS) is 9.73. The molecule has 0 spiro atoms. The second-order valence-electron chi connectivity index (χ2n) is 2.59. The lowest BCUT2D eigenvalue weighted by molar-refractivity contribution is 0.618. The van der Waals surface area contributed by atoms with Crippen molar-refractivity contribution in [3.63, 3.8) is 0 Å². The second kappa shape index (κ2) is 2.82. The minimum atomic E-state index is -0.213. The topological polar surface area (TPSA) is 23.9 Å². The molecule has 1 rings (SSSR count). The van der Waals surface area contributed by atoms with Crippen LogP contribution in [0.2, 0.25) is 0 Å². The Balaban J connectivity index is 3.15. The van der Waals surface area contributed by atoms with E-state index < -0.39 is 0 Å². The van der Waals surface area contributed by atoms with Gasteiger partial charge in [0.2, 0.25) is 0 Å². The maximum atomic E-state index is 12.7. The van der Waals surface area contributed by atoms with Crippen molar-refractivity contribution in [2.24, 2.45) is 0 Å². The van der Waals surface area contributed by atoms with Gasteiger partial charge in [-0.1, -0.05) is 6.07 Å². The maximum Gasteiger partial charge on any atom is 0.126 e. The molecule has 0 fully saturated rings. The van der Waals surface area contributed by atoms with Gasteiger partial charge < -0.3 is 5.41 Å². The zero-order valence-electron chi connectivity index (χ0n) is 6.61. The summed E-state index contributed by atoms with van der Waals surface area (Å²) in [5, 5.41) is 7.28. The molecule has 0 aliphatic rings. The van der Waals surface area contributed by atoms with Crippen molar-refractivity contribution < 1.29 is 4.39 Å². The van der Waals surface area contributed by atoms with Crippen LogP contribution in [0.3, 0.4) is 0 Å². The number of benzene rings is 1. The molecule has 0 heterocycles. The highest BCUT2D eigenvalue weighted by molar-refractivity contribution is 5.96. The third-order valence-corrected chi connectivity index (χ3v) is 1.59. The van der Waals surface area contributed by atoms with Crippen LogP contribution in [0.1, 0.15) is 18.1 Å². The van der Waals surface area contributed by atoms with Crippen molar-refractivity contribution in [2.75, 3.05) is 0 Å². The Labute approximate surface area is 65.4 Å². The number of aryl methyl sites for hydroxylation is 1. The fraction of sp³-hybridized carbons (Fsp3) is 0.222. The molecule has 0 saturated heterocycles. The molecule has 0 aromatic heterocycles. The maximum absolute atomic E-state index is 12.7. The van der Waals surface area contributed by atoms with Gasteiger partial charge in [-0.15, -0.1) is 0 Å². The highest BCUT2D eigenvalue weighted by Crippen LogP contribution is 2.09. The average Bonchev–Trinajstić information content (AvgIpc) is 1.94. The quantitative estimate of drug-likeness (QED) is 0.596. The van der Waals surface area contributed by atoms with Gasteiger partial charge in [0.15, 0.2) is 0 Å².